The molecule has 2 aliphatic heterocycles. The zero-order valence-corrected chi connectivity index (χ0v) is 18.4. The smallest absolute Gasteiger partial charge is 0.241 e. The van der Waals surface area contributed by atoms with Crippen LogP contribution in [0.1, 0.15) is 26.2 Å². The molecule has 2 amide bonds. The first-order valence-electron chi connectivity index (χ1n) is 9.82. The van der Waals surface area contributed by atoms with Gasteiger partial charge in [-0.3, -0.25) is 14.5 Å². The monoisotopic (exact) mass is 448 g/mol. The van der Waals surface area contributed by atoms with Crippen molar-refractivity contribution in [3.05, 3.63) is 30.1 Å². The van der Waals surface area contributed by atoms with Crippen LogP contribution in [0.5, 0.6) is 0 Å². The molecule has 1 aromatic rings. The Hall–Kier alpha value is -1.41. The molecule has 2 atom stereocenters. The number of hydrogen-bond acceptors (Lipinski definition) is 4. The summed E-state index contributed by atoms with van der Waals surface area (Å²) >= 11 is 0. The molecule has 2 saturated heterocycles. The van der Waals surface area contributed by atoms with Gasteiger partial charge in [0.1, 0.15) is 5.82 Å². The van der Waals surface area contributed by atoms with Crippen LogP contribution < -0.4 is 10.6 Å². The van der Waals surface area contributed by atoms with E-state index in [1.165, 1.54) is 18.6 Å². The second-order valence-corrected chi connectivity index (χ2v) is 7.49. The van der Waals surface area contributed by atoms with Gasteiger partial charge in [0, 0.05) is 38.3 Å². The van der Waals surface area contributed by atoms with Crippen LogP contribution in [0.15, 0.2) is 24.3 Å². The van der Waals surface area contributed by atoms with Crippen molar-refractivity contribution < 1.29 is 14.0 Å². The summed E-state index contributed by atoms with van der Waals surface area (Å²) in [6, 6.07) is 5.57. The number of anilines is 1. The highest BCUT2D eigenvalue weighted by atomic mass is 35.5. The topological polar surface area (TPSA) is 64.7 Å². The van der Waals surface area contributed by atoms with Crippen molar-refractivity contribution in [3.63, 3.8) is 0 Å². The lowest BCUT2D eigenvalue weighted by Crippen LogP contribution is -2.54. The van der Waals surface area contributed by atoms with Gasteiger partial charge >= 0.3 is 0 Å². The predicted molar refractivity (Wildman–Crippen MR) is 117 cm³/mol. The number of nitrogens with zero attached hydrogens (tertiary/aromatic N) is 2. The summed E-state index contributed by atoms with van der Waals surface area (Å²) in [5.74, 6) is 0.315. The first-order valence-corrected chi connectivity index (χ1v) is 9.82. The lowest BCUT2D eigenvalue weighted by Gasteiger charge is -2.37. The number of carbonyl (C=O) groups excluding carboxylic acids is 2. The summed E-state index contributed by atoms with van der Waals surface area (Å²) in [6.07, 6.45) is 2.74. The average molecular weight is 449 g/mol. The number of rotatable bonds is 6. The molecule has 0 aromatic heterocycles. The Bertz CT molecular complexity index is 666. The van der Waals surface area contributed by atoms with E-state index < -0.39 is 0 Å². The van der Waals surface area contributed by atoms with Gasteiger partial charge in [-0.25, -0.2) is 4.39 Å². The van der Waals surface area contributed by atoms with Gasteiger partial charge in [0.05, 0.1) is 6.04 Å². The molecular formula is C20H31Cl2FN4O2. The first-order chi connectivity index (χ1) is 13.0. The van der Waals surface area contributed by atoms with Crippen molar-refractivity contribution in [1.29, 1.82) is 0 Å². The fourth-order valence-electron chi connectivity index (χ4n) is 3.78. The van der Waals surface area contributed by atoms with E-state index in [-0.39, 0.29) is 48.5 Å². The molecule has 0 aliphatic carbocycles. The molecule has 2 fully saturated rings. The van der Waals surface area contributed by atoms with Crippen molar-refractivity contribution in [3.8, 4) is 0 Å². The van der Waals surface area contributed by atoms with Crippen LogP contribution >= 0.6 is 24.8 Å². The summed E-state index contributed by atoms with van der Waals surface area (Å²) in [4.78, 5) is 28.8. The van der Waals surface area contributed by atoms with Crippen molar-refractivity contribution in [2.75, 3.05) is 44.6 Å². The molecule has 1 aromatic carbocycles. The van der Waals surface area contributed by atoms with Crippen LogP contribution in [0.25, 0.3) is 0 Å². The minimum atomic E-state index is -0.374. The highest BCUT2D eigenvalue weighted by Gasteiger charge is 2.28. The van der Waals surface area contributed by atoms with E-state index >= 15 is 0 Å². The fraction of sp³-hybridized carbons (Fsp3) is 0.600. The molecule has 164 valence electrons. The van der Waals surface area contributed by atoms with Crippen molar-refractivity contribution in [2.24, 2.45) is 5.92 Å². The van der Waals surface area contributed by atoms with Crippen molar-refractivity contribution in [1.82, 2.24) is 15.1 Å². The number of carbonyl (C=O) groups is 2. The van der Waals surface area contributed by atoms with Crippen LogP contribution in [-0.4, -0.2) is 66.9 Å². The van der Waals surface area contributed by atoms with Crippen LogP contribution in [0.4, 0.5) is 10.1 Å². The molecule has 2 N–H and O–H groups in total. The van der Waals surface area contributed by atoms with E-state index in [9.17, 15) is 14.0 Å². The number of halogens is 3. The molecule has 6 nitrogen and oxygen atoms in total. The van der Waals surface area contributed by atoms with Crippen LogP contribution in [0.3, 0.4) is 0 Å². The Morgan fingerprint density at radius 1 is 1.24 bits per heavy atom. The summed E-state index contributed by atoms with van der Waals surface area (Å²) in [5.41, 5.74) is 0.460. The summed E-state index contributed by atoms with van der Waals surface area (Å²) in [6.45, 7) is 6.59. The maximum atomic E-state index is 13.3. The fourth-order valence-corrected chi connectivity index (χ4v) is 3.78. The summed E-state index contributed by atoms with van der Waals surface area (Å²) in [5, 5.41) is 6.09. The van der Waals surface area contributed by atoms with Gasteiger partial charge in [-0.05, 0) is 57.0 Å². The van der Waals surface area contributed by atoms with Crippen LogP contribution in [0.2, 0.25) is 0 Å². The van der Waals surface area contributed by atoms with Gasteiger partial charge in [-0.2, -0.15) is 0 Å². The van der Waals surface area contributed by atoms with Gasteiger partial charge in [0.25, 0.3) is 0 Å². The molecule has 0 spiro atoms. The Labute approximate surface area is 184 Å². The maximum Gasteiger partial charge on any atom is 0.241 e. The Kier molecular flexibility index (Phi) is 10.9. The third-order valence-electron chi connectivity index (χ3n) is 5.62. The van der Waals surface area contributed by atoms with E-state index in [0.29, 0.717) is 44.2 Å². The maximum absolute atomic E-state index is 13.3. The quantitative estimate of drug-likeness (QED) is 0.701. The standard InChI is InChI=1S/C20H29FN4O2.2ClH/c1-15(20(27)23-18-4-2-3-17(21)13-18)24-9-11-25(12-10-24)19(26)6-5-16-7-8-22-14-16;;/h2-4,13,15-16,22H,5-12,14H2,1H3,(H,23,27);2*1H. The predicted octanol–water partition coefficient (Wildman–Crippen LogP) is 2.53. The third kappa shape index (κ3) is 7.41. The number of hydrogen-bond donors (Lipinski definition) is 2. The molecular weight excluding hydrogens is 418 g/mol. The number of amides is 2. The van der Waals surface area contributed by atoms with Gasteiger partial charge in [-0.1, -0.05) is 6.07 Å². The second kappa shape index (κ2) is 12.3. The molecule has 0 saturated carbocycles. The zero-order valence-electron chi connectivity index (χ0n) is 16.7. The second-order valence-electron chi connectivity index (χ2n) is 7.49. The summed E-state index contributed by atoms with van der Waals surface area (Å²) < 4.78 is 13.3. The van der Waals surface area contributed by atoms with Gasteiger partial charge in [0.2, 0.25) is 11.8 Å². The van der Waals surface area contributed by atoms with E-state index in [1.54, 1.807) is 12.1 Å². The molecule has 2 unspecified atom stereocenters. The molecule has 0 radical (unpaired) electrons. The van der Waals surface area contributed by atoms with E-state index in [0.717, 1.165) is 19.5 Å². The van der Waals surface area contributed by atoms with Crippen molar-refractivity contribution in [2.45, 2.75) is 32.2 Å². The third-order valence-corrected chi connectivity index (χ3v) is 5.62. The molecule has 0 bridgehead atoms. The van der Waals surface area contributed by atoms with Crippen LogP contribution in [-0.2, 0) is 9.59 Å². The Morgan fingerprint density at radius 2 is 1.97 bits per heavy atom. The van der Waals surface area contributed by atoms with Gasteiger partial charge in [0.15, 0.2) is 0 Å². The Morgan fingerprint density at radius 3 is 2.59 bits per heavy atom. The van der Waals surface area contributed by atoms with Gasteiger partial charge < -0.3 is 15.5 Å². The molecule has 2 heterocycles. The number of piperazine rings is 1. The minimum Gasteiger partial charge on any atom is -0.340 e. The molecule has 9 heteroatoms. The lowest BCUT2D eigenvalue weighted by molar-refractivity contribution is -0.134. The van der Waals surface area contributed by atoms with E-state index in [1.807, 2.05) is 11.8 Å². The van der Waals surface area contributed by atoms with Gasteiger partial charge in [-0.15, -0.1) is 24.8 Å². The van der Waals surface area contributed by atoms with E-state index in [4.69, 9.17) is 0 Å². The SMILES string of the molecule is CC(C(=O)Nc1cccc(F)c1)N1CCN(C(=O)CCC2CCNC2)CC1.Cl.Cl. The molecule has 2 aliphatic rings. The summed E-state index contributed by atoms with van der Waals surface area (Å²) in [7, 11) is 0. The zero-order chi connectivity index (χ0) is 19.2. The largest absolute Gasteiger partial charge is 0.340 e. The highest BCUT2D eigenvalue weighted by Crippen LogP contribution is 2.17. The van der Waals surface area contributed by atoms with E-state index in [2.05, 4.69) is 15.5 Å². The number of benzene rings is 1. The average Bonchev–Trinajstić information content (AvgIpc) is 3.19. The normalized spacial score (nSPS) is 20.3. The highest BCUT2D eigenvalue weighted by molar-refractivity contribution is 5.94. The lowest BCUT2D eigenvalue weighted by atomic mass is 10.0. The molecule has 29 heavy (non-hydrogen) atoms. The first kappa shape index (κ1) is 25.6. The Balaban J connectivity index is 0.00000210. The van der Waals surface area contributed by atoms with Crippen LogP contribution in [0, 0.1) is 11.7 Å². The van der Waals surface area contributed by atoms with Crippen molar-refractivity contribution >= 4 is 42.3 Å². The minimum absolute atomic E-state index is 0. The number of nitrogens with one attached hydrogen (secondary N) is 2. The molecule has 3 rings (SSSR count).